The zero-order chi connectivity index (χ0) is 19.5. The summed E-state index contributed by atoms with van der Waals surface area (Å²) in [5, 5.41) is 10.2. The van der Waals surface area contributed by atoms with E-state index in [9.17, 15) is 9.90 Å². The number of fused-ring (bicyclic) bond motifs is 5. The maximum atomic E-state index is 13.4. The molecule has 0 aliphatic heterocycles. The van der Waals surface area contributed by atoms with Crippen LogP contribution < -0.4 is 0 Å². The van der Waals surface area contributed by atoms with E-state index in [0.717, 1.165) is 56.2 Å². The molecule has 3 nitrogen and oxygen atoms in total. The van der Waals surface area contributed by atoms with E-state index in [1.807, 2.05) is 24.3 Å². The third-order valence-electron chi connectivity index (χ3n) is 8.73. The molecule has 0 aromatic carbocycles. The van der Waals surface area contributed by atoms with Gasteiger partial charge in [0.2, 0.25) is 0 Å². The normalized spacial score (nSPS) is 43.9. The van der Waals surface area contributed by atoms with E-state index >= 15 is 0 Å². The molecule has 1 heterocycles. The van der Waals surface area contributed by atoms with E-state index in [1.165, 1.54) is 5.57 Å². The highest BCUT2D eigenvalue weighted by atomic mass is 16.3. The Bertz CT molecular complexity index is 857. The monoisotopic (exact) mass is 377 g/mol. The van der Waals surface area contributed by atoms with Gasteiger partial charge in [-0.15, -0.1) is 0 Å². The lowest BCUT2D eigenvalue weighted by molar-refractivity contribution is -0.130. The van der Waals surface area contributed by atoms with Crippen molar-refractivity contribution >= 4 is 11.9 Å². The number of hydrogen-bond donors (Lipinski definition) is 1. The number of carbonyl (C=O) groups excluding carboxylic acids is 1. The fraction of sp³-hybridized carbons (Fsp3) is 0.600. The van der Waals surface area contributed by atoms with E-state index in [1.54, 1.807) is 6.20 Å². The van der Waals surface area contributed by atoms with Gasteiger partial charge in [0.1, 0.15) is 0 Å². The molecule has 3 saturated carbocycles. The molecule has 0 amide bonds. The topological polar surface area (TPSA) is 50.2 Å². The van der Waals surface area contributed by atoms with Gasteiger partial charge in [-0.1, -0.05) is 31.6 Å². The van der Waals surface area contributed by atoms with E-state index in [0.29, 0.717) is 23.5 Å². The first-order valence-electron chi connectivity index (χ1n) is 11.0. The Balaban J connectivity index is 1.48. The molecule has 148 valence electrons. The molecule has 0 unspecified atom stereocenters. The molecule has 0 radical (unpaired) electrons. The first kappa shape index (κ1) is 18.3. The number of carbonyl (C=O) groups is 1. The van der Waals surface area contributed by atoms with E-state index in [4.69, 9.17) is 0 Å². The van der Waals surface area contributed by atoms with Crippen LogP contribution in [0.5, 0.6) is 0 Å². The number of ketones is 1. The zero-order valence-corrected chi connectivity index (χ0v) is 17.0. The summed E-state index contributed by atoms with van der Waals surface area (Å²) in [7, 11) is 0. The Hall–Kier alpha value is -1.74. The van der Waals surface area contributed by atoms with Crippen molar-refractivity contribution < 1.29 is 9.90 Å². The number of nitrogens with zero attached hydrogens (tertiary/aromatic N) is 1. The molecule has 0 saturated heterocycles. The summed E-state index contributed by atoms with van der Waals surface area (Å²) in [5.74, 6) is 2.04. The molecule has 28 heavy (non-hydrogen) atoms. The molecule has 0 spiro atoms. The largest absolute Gasteiger partial charge is 0.393 e. The van der Waals surface area contributed by atoms with Gasteiger partial charge < -0.3 is 5.11 Å². The molecule has 6 atom stereocenters. The number of aliphatic hydroxyl groups excluding tert-OH is 1. The number of rotatable bonds is 1. The van der Waals surface area contributed by atoms with E-state index < -0.39 is 0 Å². The minimum Gasteiger partial charge on any atom is -0.393 e. The first-order chi connectivity index (χ1) is 13.4. The van der Waals surface area contributed by atoms with Crippen LogP contribution in [0.3, 0.4) is 0 Å². The molecule has 0 bridgehead atoms. The SMILES string of the molecule is C[C@]12CC[C@H](O)CC1=CC[C@@H]1[C@@H]2CC[C@]2(C)C(=O)/C(=C/c3ccccn3)C[C@@H]12. The second-order valence-electron chi connectivity index (χ2n) is 10.1. The van der Waals surface area contributed by atoms with Crippen LogP contribution in [0.2, 0.25) is 0 Å². The molecular weight excluding hydrogens is 346 g/mol. The molecule has 3 heteroatoms. The predicted molar refractivity (Wildman–Crippen MR) is 110 cm³/mol. The summed E-state index contributed by atoms with van der Waals surface area (Å²) in [6.45, 7) is 4.66. The third-order valence-corrected chi connectivity index (χ3v) is 8.73. The second kappa shape index (κ2) is 6.38. The van der Waals surface area contributed by atoms with Crippen LogP contribution in [-0.4, -0.2) is 22.0 Å². The first-order valence-corrected chi connectivity index (χ1v) is 11.0. The van der Waals surface area contributed by atoms with Gasteiger partial charge in [-0.3, -0.25) is 9.78 Å². The standard InChI is InChI=1S/C25H31NO2/c1-24-10-8-19(27)15-17(24)6-7-20-21(24)9-11-25(2)22(20)14-16(23(25)28)13-18-5-3-4-12-26-18/h3-6,12-13,19-22,27H,7-11,14-15H2,1-2H3/b16-13+/t19-,20+,21-,22-,24-,25-/m0/s1. The van der Waals surface area contributed by atoms with Crippen LogP contribution in [0.1, 0.15) is 64.5 Å². The zero-order valence-electron chi connectivity index (χ0n) is 17.0. The van der Waals surface area contributed by atoms with Gasteiger partial charge in [0, 0.05) is 11.6 Å². The van der Waals surface area contributed by atoms with E-state index in [-0.39, 0.29) is 16.9 Å². The van der Waals surface area contributed by atoms with Gasteiger partial charge in [-0.2, -0.15) is 0 Å². The number of Topliss-reactive ketones (excluding diaryl/α,β-unsaturated/α-hetero) is 1. The van der Waals surface area contributed by atoms with Crippen LogP contribution in [-0.2, 0) is 4.79 Å². The van der Waals surface area contributed by atoms with E-state index in [2.05, 4.69) is 24.9 Å². The fourth-order valence-electron chi connectivity index (χ4n) is 7.08. The summed E-state index contributed by atoms with van der Waals surface area (Å²) < 4.78 is 0. The Morgan fingerprint density at radius 1 is 1.11 bits per heavy atom. The maximum absolute atomic E-state index is 13.4. The minimum absolute atomic E-state index is 0.161. The van der Waals surface area contributed by atoms with Crippen LogP contribution in [0.25, 0.3) is 6.08 Å². The van der Waals surface area contributed by atoms with Gasteiger partial charge in [0.15, 0.2) is 5.78 Å². The fourth-order valence-corrected chi connectivity index (χ4v) is 7.08. The Kier molecular flexibility index (Phi) is 4.17. The van der Waals surface area contributed by atoms with Gasteiger partial charge in [-0.25, -0.2) is 0 Å². The summed E-state index contributed by atoms with van der Waals surface area (Å²) >= 11 is 0. The summed E-state index contributed by atoms with van der Waals surface area (Å²) in [5.41, 5.74) is 3.37. The minimum atomic E-state index is -0.211. The molecule has 4 aliphatic rings. The Morgan fingerprint density at radius 3 is 2.71 bits per heavy atom. The lowest BCUT2D eigenvalue weighted by Crippen LogP contribution is -2.50. The van der Waals surface area contributed by atoms with Gasteiger partial charge in [0.05, 0.1) is 11.8 Å². The van der Waals surface area contributed by atoms with Gasteiger partial charge >= 0.3 is 0 Å². The van der Waals surface area contributed by atoms with Crippen molar-refractivity contribution in [1.82, 2.24) is 4.98 Å². The second-order valence-corrected chi connectivity index (χ2v) is 10.1. The quantitative estimate of drug-likeness (QED) is 0.555. The van der Waals surface area contributed by atoms with Crippen LogP contribution >= 0.6 is 0 Å². The number of aromatic nitrogens is 1. The predicted octanol–water partition coefficient (Wildman–Crippen LogP) is 4.97. The highest BCUT2D eigenvalue weighted by molar-refractivity contribution is 6.05. The van der Waals surface area contributed by atoms with Crippen LogP contribution in [0.15, 0.2) is 41.6 Å². The van der Waals surface area contributed by atoms with Crippen LogP contribution in [0.4, 0.5) is 0 Å². The molecule has 4 aliphatic carbocycles. The van der Waals surface area contributed by atoms with Crippen molar-refractivity contribution in [3.63, 3.8) is 0 Å². The van der Waals surface area contributed by atoms with Crippen molar-refractivity contribution in [3.8, 4) is 0 Å². The van der Waals surface area contributed by atoms with Crippen molar-refractivity contribution in [2.75, 3.05) is 0 Å². The molecule has 5 rings (SSSR count). The number of allylic oxidation sites excluding steroid dienone is 2. The highest BCUT2D eigenvalue weighted by Gasteiger charge is 2.59. The van der Waals surface area contributed by atoms with Crippen LogP contribution in [0, 0.1) is 28.6 Å². The highest BCUT2D eigenvalue weighted by Crippen LogP contribution is 2.64. The summed E-state index contributed by atoms with van der Waals surface area (Å²) in [6, 6.07) is 5.88. The van der Waals surface area contributed by atoms with Crippen molar-refractivity contribution in [2.45, 2.75) is 64.9 Å². The van der Waals surface area contributed by atoms with Crippen molar-refractivity contribution in [1.29, 1.82) is 0 Å². The van der Waals surface area contributed by atoms with Crippen molar-refractivity contribution in [2.24, 2.45) is 28.6 Å². The molecule has 1 aromatic rings. The number of hydrogen-bond acceptors (Lipinski definition) is 3. The van der Waals surface area contributed by atoms with Gasteiger partial charge in [-0.05, 0) is 91.9 Å². The smallest absolute Gasteiger partial charge is 0.165 e. The maximum Gasteiger partial charge on any atom is 0.165 e. The number of pyridine rings is 1. The lowest BCUT2D eigenvalue weighted by atomic mass is 9.48. The Labute approximate surface area is 168 Å². The Morgan fingerprint density at radius 2 is 1.93 bits per heavy atom. The summed E-state index contributed by atoms with van der Waals surface area (Å²) in [4.78, 5) is 17.8. The molecule has 1 aromatic heterocycles. The molecular formula is C25H31NO2. The average molecular weight is 378 g/mol. The van der Waals surface area contributed by atoms with Crippen molar-refractivity contribution in [3.05, 3.63) is 47.3 Å². The third kappa shape index (κ3) is 2.58. The molecule has 1 N–H and O–H groups in total. The number of aliphatic hydroxyl groups is 1. The average Bonchev–Trinajstić information content (AvgIpc) is 2.94. The van der Waals surface area contributed by atoms with Gasteiger partial charge in [0.25, 0.3) is 0 Å². The summed E-state index contributed by atoms with van der Waals surface area (Å²) in [6.07, 6.45) is 13.1. The lowest BCUT2D eigenvalue weighted by Gasteiger charge is -2.56. The molecule has 3 fully saturated rings.